The highest BCUT2D eigenvalue weighted by molar-refractivity contribution is 5.90. The van der Waals surface area contributed by atoms with E-state index in [4.69, 9.17) is 10.00 Å². The Morgan fingerprint density at radius 2 is 1.92 bits per heavy atom. The summed E-state index contributed by atoms with van der Waals surface area (Å²) in [6, 6.07) is 5.18. The number of alkyl halides is 3. The van der Waals surface area contributed by atoms with E-state index < -0.39 is 34.4 Å². The zero-order chi connectivity index (χ0) is 25.6. The molecule has 14 heteroatoms. The van der Waals surface area contributed by atoms with Crippen LogP contribution in [-0.2, 0) is 13.2 Å². The van der Waals surface area contributed by atoms with Gasteiger partial charge in [0.15, 0.2) is 5.52 Å². The van der Waals surface area contributed by atoms with Crippen molar-refractivity contribution in [3.63, 3.8) is 0 Å². The molecular formula is C22H14F4N8O2. The fourth-order valence-corrected chi connectivity index (χ4v) is 3.69. The number of aromatic nitrogens is 6. The van der Waals surface area contributed by atoms with E-state index in [1.54, 1.807) is 11.0 Å². The first-order valence-electron chi connectivity index (χ1n) is 10.4. The van der Waals surface area contributed by atoms with Gasteiger partial charge in [0.25, 0.3) is 5.56 Å². The maximum Gasteiger partial charge on any atom is 0.449 e. The number of nitriles is 1. The molecule has 1 aliphatic heterocycles. The van der Waals surface area contributed by atoms with Crippen LogP contribution in [0.2, 0.25) is 0 Å². The van der Waals surface area contributed by atoms with Crippen LogP contribution in [0.5, 0.6) is 5.88 Å². The predicted molar refractivity (Wildman–Crippen MR) is 116 cm³/mol. The van der Waals surface area contributed by atoms with Crippen LogP contribution in [-0.4, -0.2) is 48.7 Å². The highest BCUT2D eigenvalue weighted by atomic mass is 19.4. The summed E-state index contributed by atoms with van der Waals surface area (Å²) in [5.41, 5.74) is -2.53. The summed E-state index contributed by atoms with van der Waals surface area (Å²) in [6.07, 6.45) is -0.872. The number of fused-ring (bicyclic) bond motifs is 1. The van der Waals surface area contributed by atoms with E-state index in [1.807, 2.05) is 0 Å². The first kappa shape index (κ1) is 23.1. The Bertz CT molecular complexity index is 1580. The summed E-state index contributed by atoms with van der Waals surface area (Å²) in [5, 5.41) is 9.02. The smallest absolute Gasteiger partial charge is 0.449 e. The monoisotopic (exact) mass is 498 g/mol. The Labute approximate surface area is 199 Å². The van der Waals surface area contributed by atoms with Crippen LogP contribution < -0.4 is 15.2 Å². The molecule has 1 fully saturated rings. The van der Waals surface area contributed by atoms with Crippen molar-refractivity contribution in [2.75, 3.05) is 18.0 Å². The fraction of sp³-hybridized carbons (Fsp3) is 0.227. The third-order valence-electron chi connectivity index (χ3n) is 5.48. The quantitative estimate of drug-likeness (QED) is 0.391. The molecule has 1 saturated heterocycles. The Morgan fingerprint density at radius 3 is 2.56 bits per heavy atom. The fourth-order valence-electron chi connectivity index (χ4n) is 3.69. The lowest BCUT2D eigenvalue weighted by atomic mass is 10.1. The molecular weight excluding hydrogens is 484 g/mol. The molecule has 0 unspecified atom stereocenters. The van der Waals surface area contributed by atoms with Crippen molar-refractivity contribution in [3.05, 3.63) is 64.3 Å². The van der Waals surface area contributed by atoms with Gasteiger partial charge in [0, 0.05) is 25.0 Å². The van der Waals surface area contributed by atoms with Crippen molar-refractivity contribution in [2.24, 2.45) is 7.05 Å². The number of ether oxygens (including phenoxy) is 1. The lowest BCUT2D eigenvalue weighted by molar-refractivity contribution is -0.147. The molecule has 1 aromatic carbocycles. The van der Waals surface area contributed by atoms with Crippen molar-refractivity contribution in [3.8, 4) is 23.2 Å². The van der Waals surface area contributed by atoms with Crippen molar-refractivity contribution in [1.29, 1.82) is 5.26 Å². The van der Waals surface area contributed by atoms with Gasteiger partial charge in [0.2, 0.25) is 17.7 Å². The number of anilines is 1. The maximum atomic E-state index is 14.9. The van der Waals surface area contributed by atoms with E-state index in [1.165, 1.54) is 30.7 Å². The second-order valence-electron chi connectivity index (χ2n) is 7.86. The zero-order valence-corrected chi connectivity index (χ0v) is 18.4. The Morgan fingerprint density at radius 1 is 1.14 bits per heavy atom. The van der Waals surface area contributed by atoms with Crippen molar-refractivity contribution >= 4 is 17.0 Å². The van der Waals surface area contributed by atoms with Gasteiger partial charge in [-0.15, -0.1) is 0 Å². The molecule has 0 spiro atoms. The Balaban J connectivity index is 1.62. The maximum absolute atomic E-state index is 14.9. The van der Waals surface area contributed by atoms with Crippen LogP contribution >= 0.6 is 0 Å². The molecule has 0 saturated carbocycles. The standard InChI is InChI=1S/C22H14F4N8O2/c1-33-19(35)18-17(30-20(33)22(24,25)26)16(13-3-2-11(7-27)6-14(13)23)31-21(32-18)34-9-12(10-34)36-15-8-28-4-5-29-15/h2-6,8,12H,9-10H2,1H3. The number of hydrogen-bond donors (Lipinski definition) is 0. The summed E-state index contributed by atoms with van der Waals surface area (Å²) < 4.78 is 61.6. The number of hydrogen-bond acceptors (Lipinski definition) is 9. The normalized spacial score (nSPS) is 13.9. The average molecular weight is 498 g/mol. The van der Waals surface area contributed by atoms with E-state index in [0.717, 1.165) is 13.1 Å². The number of benzene rings is 1. The molecule has 5 rings (SSSR count). The second kappa shape index (κ2) is 8.52. The van der Waals surface area contributed by atoms with Gasteiger partial charge in [-0.05, 0) is 18.2 Å². The summed E-state index contributed by atoms with van der Waals surface area (Å²) in [6.45, 7) is 0.539. The van der Waals surface area contributed by atoms with Gasteiger partial charge in [0.05, 0.1) is 30.9 Å². The SMILES string of the molecule is Cn1c(C(F)(F)F)nc2c(-c3ccc(C#N)cc3F)nc(N3CC(Oc4cnccn4)C3)nc2c1=O. The van der Waals surface area contributed by atoms with Gasteiger partial charge in [-0.3, -0.25) is 14.3 Å². The molecule has 4 aromatic rings. The van der Waals surface area contributed by atoms with Crippen LogP contribution in [0, 0.1) is 17.1 Å². The minimum absolute atomic E-state index is 0.00133. The van der Waals surface area contributed by atoms with Gasteiger partial charge in [-0.1, -0.05) is 0 Å². The first-order valence-corrected chi connectivity index (χ1v) is 10.4. The largest absolute Gasteiger partial charge is 0.469 e. The summed E-state index contributed by atoms with van der Waals surface area (Å²) in [5.74, 6) is -2.10. The third kappa shape index (κ3) is 4.04. The van der Waals surface area contributed by atoms with E-state index in [9.17, 15) is 22.4 Å². The minimum atomic E-state index is -4.95. The number of rotatable bonds is 4. The van der Waals surface area contributed by atoms with Crippen molar-refractivity contribution < 1.29 is 22.3 Å². The molecule has 0 amide bonds. The molecule has 0 N–H and O–H groups in total. The van der Waals surface area contributed by atoms with Crippen LogP contribution in [0.4, 0.5) is 23.5 Å². The van der Waals surface area contributed by atoms with E-state index >= 15 is 0 Å². The number of nitrogens with zero attached hydrogens (tertiary/aromatic N) is 8. The highest BCUT2D eigenvalue weighted by Gasteiger charge is 2.38. The highest BCUT2D eigenvalue weighted by Crippen LogP contribution is 2.33. The average Bonchev–Trinajstić information content (AvgIpc) is 2.82. The molecule has 0 aliphatic carbocycles. The Hall–Kier alpha value is -4.67. The van der Waals surface area contributed by atoms with Gasteiger partial charge in [-0.2, -0.15) is 18.4 Å². The summed E-state index contributed by atoms with van der Waals surface area (Å²) >= 11 is 0. The van der Waals surface area contributed by atoms with Crippen molar-refractivity contribution in [1.82, 2.24) is 29.5 Å². The van der Waals surface area contributed by atoms with Crippen molar-refractivity contribution in [2.45, 2.75) is 12.3 Å². The van der Waals surface area contributed by atoms with E-state index in [2.05, 4.69) is 24.9 Å². The zero-order valence-electron chi connectivity index (χ0n) is 18.4. The molecule has 4 heterocycles. The molecule has 36 heavy (non-hydrogen) atoms. The molecule has 182 valence electrons. The molecule has 0 radical (unpaired) electrons. The second-order valence-corrected chi connectivity index (χ2v) is 7.86. The Kier molecular flexibility index (Phi) is 5.47. The van der Waals surface area contributed by atoms with Gasteiger partial charge < -0.3 is 9.64 Å². The van der Waals surface area contributed by atoms with E-state index in [-0.39, 0.29) is 42.0 Å². The molecule has 3 aromatic heterocycles. The third-order valence-corrected chi connectivity index (χ3v) is 5.48. The first-order chi connectivity index (χ1) is 17.2. The van der Waals surface area contributed by atoms with E-state index in [0.29, 0.717) is 10.4 Å². The summed E-state index contributed by atoms with van der Waals surface area (Å²) in [7, 11) is 0.926. The lowest BCUT2D eigenvalue weighted by Crippen LogP contribution is -2.54. The van der Waals surface area contributed by atoms with Crippen LogP contribution in [0.3, 0.4) is 0 Å². The predicted octanol–water partition coefficient (Wildman–Crippen LogP) is 2.48. The molecule has 0 bridgehead atoms. The summed E-state index contributed by atoms with van der Waals surface area (Å²) in [4.78, 5) is 34.5. The molecule has 1 aliphatic rings. The topological polar surface area (TPSA) is 123 Å². The van der Waals surface area contributed by atoms with Gasteiger partial charge >= 0.3 is 6.18 Å². The molecule has 0 atom stereocenters. The van der Waals surface area contributed by atoms with Gasteiger partial charge in [0.1, 0.15) is 23.1 Å². The van der Waals surface area contributed by atoms with Crippen LogP contribution in [0.15, 0.2) is 41.6 Å². The van der Waals surface area contributed by atoms with Crippen LogP contribution in [0.25, 0.3) is 22.3 Å². The minimum Gasteiger partial charge on any atom is -0.469 e. The number of halogens is 4. The lowest BCUT2D eigenvalue weighted by Gasteiger charge is -2.38. The van der Waals surface area contributed by atoms with Crippen LogP contribution in [0.1, 0.15) is 11.4 Å². The van der Waals surface area contributed by atoms with Gasteiger partial charge in [-0.25, -0.2) is 24.3 Å². The molecule has 10 nitrogen and oxygen atoms in total.